The fourth-order valence-corrected chi connectivity index (χ4v) is 4.99. The second-order valence-corrected chi connectivity index (χ2v) is 7.59. The molecular weight excluding hydrogens is 286 g/mol. The Balaban J connectivity index is 1.76. The minimum Gasteiger partial charge on any atom is -0.323 e. The lowest BCUT2D eigenvalue weighted by atomic mass is 10.1. The number of nitrogens with zero attached hydrogens (tertiary/aromatic N) is 2. The van der Waals surface area contributed by atoms with Crippen molar-refractivity contribution in [3.63, 3.8) is 0 Å². The first kappa shape index (κ1) is 14.2. The Morgan fingerprint density at radius 2 is 2.30 bits per heavy atom. The minimum atomic E-state index is 0.0932. The van der Waals surface area contributed by atoms with Gasteiger partial charge < -0.3 is 5.73 Å². The Morgan fingerprint density at radius 3 is 3.00 bits per heavy atom. The molecule has 0 saturated heterocycles. The maximum Gasteiger partial charge on any atom is 0.0624 e. The molecule has 2 aromatic rings. The summed E-state index contributed by atoms with van der Waals surface area (Å²) in [6.45, 7) is 2.14. The summed E-state index contributed by atoms with van der Waals surface area (Å²) >= 11 is 3.94. The fourth-order valence-electron chi connectivity index (χ4n) is 2.61. The summed E-state index contributed by atoms with van der Waals surface area (Å²) in [5.74, 6) is 2.41. The number of thioether (sulfide) groups is 1. The molecular formula is C15H21N3S2. The van der Waals surface area contributed by atoms with Crippen molar-refractivity contribution in [1.82, 2.24) is 9.78 Å². The summed E-state index contributed by atoms with van der Waals surface area (Å²) in [5, 5.41) is 4.50. The fraction of sp³-hybridized carbons (Fsp3) is 0.533. The van der Waals surface area contributed by atoms with Crippen molar-refractivity contribution in [2.24, 2.45) is 12.8 Å². The molecule has 3 rings (SSSR count). The molecule has 1 unspecified atom stereocenters. The molecule has 5 heteroatoms. The molecule has 0 saturated carbocycles. The summed E-state index contributed by atoms with van der Waals surface area (Å²) in [4.78, 5) is 2.88. The zero-order valence-electron chi connectivity index (χ0n) is 12.1. The van der Waals surface area contributed by atoms with Crippen molar-refractivity contribution in [1.29, 1.82) is 0 Å². The lowest BCUT2D eigenvalue weighted by Crippen LogP contribution is -2.14. The molecule has 108 valence electrons. The normalized spacial score (nSPS) is 16.1. The first-order valence-electron chi connectivity index (χ1n) is 7.14. The molecule has 0 bridgehead atoms. The number of nitrogens with two attached hydrogens (primary N) is 1. The zero-order valence-corrected chi connectivity index (χ0v) is 13.7. The summed E-state index contributed by atoms with van der Waals surface area (Å²) in [7, 11) is 2.01. The molecule has 0 aromatic carbocycles. The number of aromatic nitrogens is 2. The van der Waals surface area contributed by atoms with Crippen LogP contribution in [0, 0.1) is 0 Å². The highest BCUT2D eigenvalue weighted by molar-refractivity contribution is 7.98. The average Bonchev–Trinajstić information content (AvgIpc) is 3.02. The zero-order chi connectivity index (χ0) is 14.1. The van der Waals surface area contributed by atoms with E-state index in [1.165, 1.54) is 28.3 Å². The van der Waals surface area contributed by atoms with Gasteiger partial charge in [0.25, 0.3) is 0 Å². The molecule has 2 N–H and O–H groups in total. The summed E-state index contributed by atoms with van der Waals surface area (Å²) < 4.78 is 1.97. The van der Waals surface area contributed by atoms with E-state index in [4.69, 9.17) is 5.73 Å². The van der Waals surface area contributed by atoms with E-state index in [1.54, 1.807) is 4.88 Å². The van der Waals surface area contributed by atoms with Crippen molar-refractivity contribution < 1.29 is 0 Å². The Kier molecular flexibility index (Phi) is 4.19. The highest BCUT2D eigenvalue weighted by Crippen LogP contribution is 2.34. The largest absolute Gasteiger partial charge is 0.323 e. The smallest absolute Gasteiger partial charge is 0.0624 e. The third-order valence-electron chi connectivity index (χ3n) is 3.83. The minimum absolute atomic E-state index is 0.0932. The summed E-state index contributed by atoms with van der Waals surface area (Å²) in [6, 6.07) is 4.60. The van der Waals surface area contributed by atoms with E-state index in [0.29, 0.717) is 0 Å². The van der Waals surface area contributed by atoms with Crippen LogP contribution in [0.25, 0.3) is 0 Å². The van der Waals surface area contributed by atoms with Gasteiger partial charge in [-0.05, 0) is 36.3 Å². The number of hydrogen-bond acceptors (Lipinski definition) is 4. The van der Waals surface area contributed by atoms with Crippen LogP contribution in [0.15, 0.2) is 12.1 Å². The van der Waals surface area contributed by atoms with Gasteiger partial charge in [-0.25, -0.2) is 0 Å². The van der Waals surface area contributed by atoms with Gasteiger partial charge in [-0.2, -0.15) is 16.9 Å². The summed E-state index contributed by atoms with van der Waals surface area (Å²) in [5.41, 5.74) is 10.3. The third kappa shape index (κ3) is 2.80. The maximum absolute atomic E-state index is 6.42. The van der Waals surface area contributed by atoms with Crippen LogP contribution in [-0.2, 0) is 32.1 Å². The van der Waals surface area contributed by atoms with E-state index in [9.17, 15) is 0 Å². The maximum atomic E-state index is 6.42. The van der Waals surface area contributed by atoms with Gasteiger partial charge >= 0.3 is 0 Å². The van der Waals surface area contributed by atoms with Crippen LogP contribution in [0.3, 0.4) is 0 Å². The molecule has 1 aliphatic rings. The van der Waals surface area contributed by atoms with Crippen LogP contribution in [0.1, 0.15) is 39.7 Å². The van der Waals surface area contributed by atoms with E-state index in [0.717, 1.165) is 24.3 Å². The van der Waals surface area contributed by atoms with Gasteiger partial charge in [-0.3, -0.25) is 4.68 Å². The number of fused-ring (bicyclic) bond motifs is 1. The van der Waals surface area contributed by atoms with Gasteiger partial charge in [-0.1, -0.05) is 6.92 Å². The van der Waals surface area contributed by atoms with Crippen molar-refractivity contribution in [2.45, 2.75) is 38.0 Å². The van der Waals surface area contributed by atoms with Crippen molar-refractivity contribution in [3.8, 4) is 0 Å². The van der Waals surface area contributed by atoms with Crippen LogP contribution in [-0.4, -0.2) is 15.5 Å². The Labute approximate surface area is 128 Å². The molecule has 0 radical (unpaired) electrons. The van der Waals surface area contributed by atoms with Gasteiger partial charge in [-0.15, -0.1) is 11.3 Å². The van der Waals surface area contributed by atoms with Gasteiger partial charge in [0.1, 0.15) is 0 Å². The molecule has 0 spiro atoms. The Hall–Kier alpha value is -0.780. The predicted octanol–water partition coefficient (Wildman–Crippen LogP) is 3.08. The van der Waals surface area contributed by atoms with Gasteiger partial charge in [0.05, 0.1) is 5.69 Å². The van der Waals surface area contributed by atoms with Crippen LogP contribution in [0.2, 0.25) is 0 Å². The van der Waals surface area contributed by atoms with E-state index >= 15 is 0 Å². The van der Waals surface area contributed by atoms with Gasteiger partial charge in [0.2, 0.25) is 0 Å². The molecule has 20 heavy (non-hydrogen) atoms. The van der Waals surface area contributed by atoms with E-state index in [2.05, 4.69) is 24.2 Å². The average molecular weight is 307 g/mol. The second-order valence-electron chi connectivity index (χ2n) is 5.31. The van der Waals surface area contributed by atoms with Gasteiger partial charge in [0, 0.05) is 40.7 Å². The topological polar surface area (TPSA) is 43.8 Å². The highest BCUT2D eigenvalue weighted by Gasteiger charge is 2.18. The molecule has 1 atom stereocenters. The van der Waals surface area contributed by atoms with Crippen LogP contribution in [0.5, 0.6) is 0 Å². The van der Waals surface area contributed by atoms with E-state index in [1.807, 2.05) is 34.8 Å². The highest BCUT2D eigenvalue weighted by atomic mass is 32.2. The van der Waals surface area contributed by atoms with Crippen LogP contribution >= 0.6 is 23.1 Å². The quantitative estimate of drug-likeness (QED) is 0.944. The number of rotatable bonds is 4. The van der Waals surface area contributed by atoms with Crippen molar-refractivity contribution >= 4 is 23.1 Å². The first-order valence-corrected chi connectivity index (χ1v) is 9.11. The van der Waals surface area contributed by atoms with Gasteiger partial charge in [0.15, 0.2) is 0 Å². The lowest BCUT2D eigenvalue weighted by Gasteiger charge is -2.09. The van der Waals surface area contributed by atoms with Crippen molar-refractivity contribution in [2.75, 3.05) is 5.75 Å². The second kappa shape index (κ2) is 5.92. The molecule has 0 fully saturated rings. The Morgan fingerprint density at radius 1 is 1.45 bits per heavy atom. The Bertz CT molecular complexity index is 577. The lowest BCUT2D eigenvalue weighted by molar-refractivity contribution is 0.644. The molecule has 0 aliphatic carbocycles. The van der Waals surface area contributed by atoms with Crippen molar-refractivity contribution in [3.05, 3.63) is 38.8 Å². The first-order chi connectivity index (χ1) is 9.67. The van der Waals surface area contributed by atoms with E-state index < -0.39 is 0 Å². The van der Waals surface area contributed by atoms with Crippen LogP contribution < -0.4 is 5.73 Å². The standard InChI is InChI=1S/C15H21N3S2/c1-3-11-7-12(18(2)17-11)8-13(16)15-6-10-9-19-5-4-14(10)20-15/h6-7,13H,3-5,8-9,16H2,1-2H3. The molecule has 3 heterocycles. The third-order valence-corrected chi connectivity index (χ3v) is 6.21. The molecule has 2 aromatic heterocycles. The number of aryl methyl sites for hydroxylation is 3. The number of hydrogen-bond donors (Lipinski definition) is 1. The monoisotopic (exact) mass is 307 g/mol. The summed E-state index contributed by atoms with van der Waals surface area (Å²) in [6.07, 6.45) is 3.06. The molecule has 0 amide bonds. The molecule has 1 aliphatic heterocycles. The number of thiophene rings is 1. The predicted molar refractivity (Wildman–Crippen MR) is 87.4 cm³/mol. The van der Waals surface area contributed by atoms with Crippen LogP contribution in [0.4, 0.5) is 0 Å². The van der Waals surface area contributed by atoms with E-state index in [-0.39, 0.29) is 6.04 Å². The SMILES string of the molecule is CCc1cc(CC(N)c2cc3c(s2)CCSC3)n(C)n1. The molecule has 3 nitrogen and oxygen atoms in total.